The second-order valence-corrected chi connectivity index (χ2v) is 5.23. The van der Waals surface area contributed by atoms with E-state index in [1.165, 1.54) is 0 Å². The highest BCUT2D eigenvalue weighted by atomic mass is 16.2. The highest BCUT2D eigenvalue weighted by Crippen LogP contribution is 2.33. The van der Waals surface area contributed by atoms with Crippen LogP contribution in [0.15, 0.2) is 36.9 Å². The van der Waals surface area contributed by atoms with Gasteiger partial charge in [-0.3, -0.25) is 4.79 Å². The minimum Gasteiger partial charge on any atom is -0.385 e. The Kier molecular flexibility index (Phi) is 4.25. The summed E-state index contributed by atoms with van der Waals surface area (Å²) >= 11 is 0. The van der Waals surface area contributed by atoms with Gasteiger partial charge in [-0.25, -0.2) is 0 Å². The van der Waals surface area contributed by atoms with Crippen molar-refractivity contribution in [3.05, 3.63) is 42.5 Å². The molecule has 2 rings (SSSR count). The van der Waals surface area contributed by atoms with Crippen molar-refractivity contribution in [3.63, 3.8) is 0 Å². The molecule has 0 radical (unpaired) electrons. The summed E-state index contributed by atoms with van der Waals surface area (Å²) in [7, 11) is 0. The minimum absolute atomic E-state index is 0.0280. The second kappa shape index (κ2) is 5.91. The maximum absolute atomic E-state index is 12.7. The molecule has 0 saturated heterocycles. The van der Waals surface area contributed by atoms with Crippen LogP contribution >= 0.6 is 0 Å². The normalized spacial score (nSPS) is 17.5. The quantitative estimate of drug-likeness (QED) is 0.842. The number of benzene rings is 1. The molecule has 1 aliphatic rings. The zero-order chi connectivity index (χ0) is 13.8. The average Bonchev–Trinajstić information content (AvgIpc) is 2.43. The van der Waals surface area contributed by atoms with Crippen LogP contribution in [0.1, 0.15) is 31.7 Å². The maximum atomic E-state index is 12.7. The SMILES string of the molecule is C=CCN(C(=O)C1CCNc2ccccc21)C(C)C. The van der Waals surface area contributed by atoms with Gasteiger partial charge >= 0.3 is 0 Å². The van der Waals surface area contributed by atoms with Gasteiger partial charge in [0.25, 0.3) is 0 Å². The number of carbonyl (C=O) groups is 1. The van der Waals surface area contributed by atoms with Crippen LogP contribution < -0.4 is 5.32 Å². The van der Waals surface area contributed by atoms with E-state index in [1.807, 2.05) is 36.9 Å². The predicted molar refractivity (Wildman–Crippen MR) is 79.3 cm³/mol. The van der Waals surface area contributed by atoms with Crippen molar-refractivity contribution in [1.29, 1.82) is 0 Å². The van der Waals surface area contributed by atoms with Gasteiger partial charge in [-0.2, -0.15) is 0 Å². The summed E-state index contributed by atoms with van der Waals surface area (Å²) in [5.41, 5.74) is 2.21. The summed E-state index contributed by atoms with van der Waals surface area (Å²) in [6, 6.07) is 8.30. The molecule has 0 saturated carbocycles. The number of anilines is 1. The van der Waals surface area contributed by atoms with E-state index in [0.29, 0.717) is 6.54 Å². The molecule has 3 heteroatoms. The highest BCUT2D eigenvalue weighted by Gasteiger charge is 2.30. The van der Waals surface area contributed by atoms with Gasteiger partial charge in [-0.1, -0.05) is 24.3 Å². The summed E-state index contributed by atoms with van der Waals surface area (Å²) in [4.78, 5) is 14.6. The first kappa shape index (κ1) is 13.7. The number of nitrogens with zero attached hydrogens (tertiary/aromatic N) is 1. The third kappa shape index (κ3) is 2.80. The number of carbonyl (C=O) groups excluding carboxylic acids is 1. The van der Waals surface area contributed by atoms with E-state index in [2.05, 4.69) is 18.0 Å². The van der Waals surface area contributed by atoms with Crippen molar-refractivity contribution in [2.45, 2.75) is 32.2 Å². The Balaban J connectivity index is 2.27. The first-order valence-electron chi connectivity index (χ1n) is 6.89. The number of hydrogen-bond donors (Lipinski definition) is 1. The van der Waals surface area contributed by atoms with Crippen LogP contribution in [-0.2, 0) is 4.79 Å². The third-order valence-corrected chi connectivity index (χ3v) is 3.61. The van der Waals surface area contributed by atoms with Crippen molar-refractivity contribution in [1.82, 2.24) is 4.90 Å². The van der Waals surface area contributed by atoms with Gasteiger partial charge in [-0.05, 0) is 31.9 Å². The summed E-state index contributed by atoms with van der Waals surface area (Å²) in [5, 5.41) is 3.36. The summed E-state index contributed by atoms with van der Waals surface area (Å²) in [5.74, 6) is 0.184. The predicted octanol–water partition coefficient (Wildman–Crippen LogP) is 3.01. The Hall–Kier alpha value is -1.77. The Bertz CT molecular complexity index is 468. The summed E-state index contributed by atoms with van der Waals surface area (Å²) in [6.45, 7) is 9.32. The molecule has 19 heavy (non-hydrogen) atoms. The zero-order valence-corrected chi connectivity index (χ0v) is 11.7. The van der Waals surface area contributed by atoms with Crippen LogP contribution in [0, 0.1) is 0 Å². The fourth-order valence-electron chi connectivity index (χ4n) is 2.62. The van der Waals surface area contributed by atoms with Crippen LogP contribution in [0.2, 0.25) is 0 Å². The molecule has 1 heterocycles. The molecule has 0 fully saturated rings. The van der Waals surface area contributed by atoms with Crippen LogP contribution in [0.5, 0.6) is 0 Å². The van der Waals surface area contributed by atoms with E-state index in [1.54, 1.807) is 6.08 Å². The largest absolute Gasteiger partial charge is 0.385 e. The number of rotatable bonds is 4. The first-order chi connectivity index (χ1) is 9.15. The fraction of sp³-hybridized carbons (Fsp3) is 0.438. The standard InChI is InChI=1S/C16H22N2O/c1-4-11-18(12(2)3)16(19)14-9-10-17-15-8-6-5-7-13(14)15/h4-8,12,14,17H,1,9-11H2,2-3H3. The number of amides is 1. The molecule has 1 N–H and O–H groups in total. The lowest BCUT2D eigenvalue weighted by Gasteiger charge is -2.33. The number of hydrogen-bond acceptors (Lipinski definition) is 2. The van der Waals surface area contributed by atoms with Crippen LogP contribution in [-0.4, -0.2) is 29.9 Å². The highest BCUT2D eigenvalue weighted by molar-refractivity contribution is 5.86. The van der Waals surface area contributed by atoms with E-state index < -0.39 is 0 Å². The monoisotopic (exact) mass is 258 g/mol. The number of para-hydroxylation sites is 1. The van der Waals surface area contributed by atoms with Gasteiger partial charge in [0.15, 0.2) is 0 Å². The lowest BCUT2D eigenvalue weighted by Crippen LogP contribution is -2.41. The Labute approximate surface area is 115 Å². The molecular weight excluding hydrogens is 236 g/mol. The smallest absolute Gasteiger partial charge is 0.230 e. The molecule has 1 amide bonds. The number of nitrogens with one attached hydrogen (secondary N) is 1. The molecule has 1 unspecified atom stereocenters. The van der Waals surface area contributed by atoms with E-state index >= 15 is 0 Å². The fourth-order valence-corrected chi connectivity index (χ4v) is 2.62. The van der Waals surface area contributed by atoms with Gasteiger partial charge in [0, 0.05) is 24.8 Å². The van der Waals surface area contributed by atoms with Crippen molar-refractivity contribution >= 4 is 11.6 Å². The topological polar surface area (TPSA) is 32.3 Å². The van der Waals surface area contributed by atoms with Crippen molar-refractivity contribution in [2.24, 2.45) is 0 Å². The van der Waals surface area contributed by atoms with Crippen molar-refractivity contribution in [3.8, 4) is 0 Å². The van der Waals surface area contributed by atoms with Gasteiger partial charge in [-0.15, -0.1) is 6.58 Å². The van der Waals surface area contributed by atoms with E-state index in [0.717, 1.165) is 24.2 Å². The van der Waals surface area contributed by atoms with E-state index in [4.69, 9.17) is 0 Å². The molecule has 0 aromatic heterocycles. The number of fused-ring (bicyclic) bond motifs is 1. The van der Waals surface area contributed by atoms with Crippen molar-refractivity contribution < 1.29 is 4.79 Å². The Morgan fingerprint density at radius 1 is 1.53 bits per heavy atom. The molecule has 1 aliphatic heterocycles. The van der Waals surface area contributed by atoms with Gasteiger partial charge in [0.05, 0.1) is 5.92 Å². The molecule has 1 aromatic carbocycles. The van der Waals surface area contributed by atoms with Crippen LogP contribution in [0.3, 0.4) is 0 Å². The summed E-state index contributed by atoms with van der Waals surface area (Å²) in [6.07, 6.45) is 2.65. The summed E-state index contributed by atoms with van der Waals surface area (Å²) < 4.78 is 0. The molecular formula is C16H22N2O. The van der Waals surface area contributed by atoms with E-state index in [-0.39, 0.29) is 17.9 Å². The minimum atomic E-state index is -0.0280. The maximum Gasteiger partial charge on any atom is 0.230 e. The van der Waals surface area contributed by atoms with Crippen LogP contribution in [0.25, 0.3) is 0 Å². The first-order valence-corrected chi connectivity index (χ1v) is 6.89. The molecule has 3 nitrogen and oxygen atoms in total. The molecule has 102 valence electrons. The third-order valence-electron chi connectivity index (χ3n) is 3.61. The van der Waals surface area contributed by atoms with E-state index in [9.17, 15) is 4.79 Å². The van der Waals surface area contributed by atoms with Crippen LogP contribution in [0.4, 0.5) is 5.69 Å². The Morgan fingerprint density at radius 2 is 2.26 bits per heavy atom. The molecule has 1 atom stereocenters. The van der Waals surface area contributed by atoms with Gasteiger partial charge in [0.1, 0.15) is 0 Å². The average molecular weight is 258 g/mol. The molecule has 0 spiro atoms. The van der Waals surface area contributed by atoms with Gasteiger partial charge < -0.3 is 10.2 Å². The lowest BCUT2D eigenvalue weighted by atomic mass is 9.89. The molecule has 0 aliphatic carbocycles. The Morgan fingerprint density at radius 3 is 2.95 bits per heavy atom. The molecule has 0 bridgehead atoms. The zero-order valence-electron chi connectivity index (χ0n) is 11.7. The molecule has 1 aromatic rings. The second-order valence-electron chi connectivity index (χ2n) is 5.23. The van der Waals surface area contributed by atoms with Gasteiger partial charge in [0.2, 0.25) is 5.91 Å². The lowest BCUT2D eigenvalue weighted by molar-refractivity contribution is -0.134. The van der Waals surface area contributed by atoms with Crippen molar-refractivity contribution in [2.75, 3.05) is 18.4 Å².